The Labute approximate surface area is 132 Å². The number of aromatic carboxylic acids is 1. The number of sulfonamides is 1. The topological polar surface area (TPSA) is 83.5 Å². The van der Waals surface area contributed by atoms with Crippen LogP contribution in [-0.2, 0) is 10.0 Å². The monoisotopic (exact) mass is 395 g/mol. The number of rotatable bonds is 4. The summed E-state index contributed by atoms with van der Waals surface area (Å²) < 4.78 is 27.1. The van der Waals surface area contributed by atoms with E-state index in [0.717, 1.165) is 17.4 Å². The van der Waals surface area contributed by atoms with Crippen LogP contribution in [0.3, 0.4) is 0 Å². The molecule has 5 nitrogen and oxygen atoms in total. The Morgan fingerprint density at radius 1 is 1.35 bits per heavy atom. The zero-order valence-corrected chi connectivity index (χ0v) is 13.6. The number of hydrogen-bond donors (Lipinski definition) is 2. The third-order valence-electron chi connectivity index (χ3n) is 2.27. The van der Waals surface area contributed by atoms with E-state index >= 15 is 0 Å². The number of benzene rings is 1. The van der Waals surface area contributed by atoms with Crippen LogP contribution in [0.25, 0.3) is 0 Å². The number of thiophene rings is 1. The summed E-state index contributed by atoms with van der Waals surface area (Å²) in [7, 11) is -3.84. The Hall–Kier alpha value is -1.09. The first-order valence-corrected chi connectivity index (χ1v) is 8.62. The van der Waals surface area contributed by atoms with Gasteiger partial charge in [-0.2, -0.15) is 0 Å². The molecule has 0 aliphatic carbocycles. The fourth-order valence-corrected chi connectivity index (χ4v) is 4.45. The standard InChI is InChI=1S/C11H7BrClNO4S2/c12-8-3-6(13)1-2-9(8)14-20(17,18)7-4-10(11(15)16)19-5-7/h1-5,14H,(H,15,16). The second kappa shape index (κ2) is 5.72. The summed E-state index contributed by atoms with van der Waals surface area (Å²) in [6, 6.07) is 5.71. The molecule has 2 rings (SSSR count). The van der Waals surface area contributed by atoms with E-state index in [1.807, 2.05) is 0 Å². The van der Waals surface area contributed by atoms with Gasteiger partial charge >= 0.3 is 5.97 Å². The molecule has 0 atom stereocenters. The van der Waals surface area contributed by atoms with Gasteiger partial charge in [-0.05, 0) is 40.2 Å². The second-order valence-electron chi connectivity index (χ2n) is 3.68. The maximum absolute atomic E-state index is 12.1. The number of halogens is 2. The van der Waals surface area contributed by atoms with Crippen LogP contribution in [0.1, 0.15) is 9.67 Å². The Balaban J connectivity index is 2.33. The van der Waals surface area contributed by atoms with Crippen molar-refractivity contribution in [1.29, 1.82) is 0 Å². The fraction of sp³-hybridized carbons (Fsp3) is 0. The van der Waals surface area contributed by atoms with Gasteiger partial charge in [-0.1, -0.05) is 11.6 Å². The van der Waals surface area contributed by atoms with E-state index in [4.69, 9.17) is 16.7 Å². The maximum Gasteiger partial charge on any atom is 0.345 e. The van der Waals surface area contributed by atoms with Crippen LogP contribution in [0.15, 0.2) is 39.0 Å². The zero-order chi connectivity index (χ0) is 14.9. The van der Waals surface area contributed by atoms with Gasteiger partial charge in [0.2, 0.25) is 0 Å². The molecule has 106 valence electrons. The SMILES string of the molecule is O=C(O)c1cc(S(=O)(=O)Nc2ccc(Cl)cc2Br)cs1. The normalized spacial score (nSPS) is 11.3. The van der Waals surface area contributed by atoms with Crippen molar-refractivity contribution < 1.29 is 18.3 Å². The maximum atomic E-state index is 12.1. The number of carbonyl (C=O) groups is 1. The van der Waals surface area contributed by atoms with Crippen LogP contribution in [0.2, 0.25) is 5.02 Å². The molecule has 1 aromatic carbocycles. The average Bonchev–Trinajstić information content (AvgIpc) is 2.83. The number of hydrogen-bond acceptors (Lipinski definition) is 4. The number of anilines is 1. The first kappa shape index (κ1) is 15.3. The van der Waals surface area contributed by atoms with Crippen LogP contribution >= 0.6 is 38.9 Å². The molecule has 0 bridgehead atoms. The van der Waals surface area contributed by atoms with Crippen molar-refractivity contribution in [1.82, 2.24) is 0 Å². The lowest BCUT2D eigenvalue weighted by molar-refractivity contribution is 0.0702. The van der Waals surface area contributed by atoms with E-state index in [1.165, 1.54) is 11.4 Å². The lowest BCUT2D eigenvalue weighted by Gasteiger charge is -2.08. The van der Waals surface area contributed by atoms with E-state index in [9.17, 15) is 13.2 Å². The molecule has 1 aromatic heterocycles. The quantitative estimate of drug-likeness (QED) is 0.826. The van der Waals surface area contributed by atoms with Gasteiger partial charge in [0.25, 0.3) is 10.0 Å². The Kier molecular flexibility index (Phi) is 4.38. The third kappa shape index (κ3) is 3.32. The summed E-state index contributed by atoms with van der Waals surface area (Å²) in [6.45, 7) is 0. The van der Waals surface area contributed by atoms with Crippen LogP contribution in [-0.4, -0.2) is 19.5 Å². The molecular weight excluding hydrogens is 390 g/mol. The molecule has 0 aliphatic rings. The van der Waals surface area contributed by atoms with E-state index in [1.54, 1.807) is 12.1 Å². The lowest BCUT2D eigenvalue weighted by Crippen LogP contribution is -2.12. The minimum atomic E-state index is -3.84. The smallest absolute Gasteiger partial charge is 0.345 e. The summed E-state index contributed by atoms with van der Waals surface area (Å²) in [5.41, 5.74) is 0.317. The van der Waals surface area contributed by atoms with Crippen molar-refractivity contribution in [2.45, 2.75) is 4.90 Å². The van der Waals surface area contributed by atoms with Crippen LogP contribution in [0.4, 0.5) is 5.69 Å². The highest BCUT2D eigenvalue weighted by molar-refractivity contribution is 9.10. The third-order valence-corrected chi connectivity index (χ3v) is 5.58. The van der Waals surface area contributed by atoms with Gasteiger partial charge in [0.1, 0.15) is 4.88 Å². The van der Waals surface area contributed by atoms with Crippen molar-refractivity contribution in [2.75, 3.05) is 4.72 Å². The van der Waals surface area contributed by atoms with Crippen LogP contribution in [0.5, 0.6) is 0 Å². The largest absolute Gasteiger partial charge is 0.477 e. The molecule has 2 aromatic rings. The predicted molar refractivity (Wildman–Crippen MR) is 81.2 cm³/mol. The Morgan fingerprint density at radius 2 is 2.05 bits per heavy atom. The molecule has 0 saturated heterocycles. The van der Waals surface area contributed by atoms with Gasteiger partial charge in [-0.3, -0.25) is 4.72 Å². The molecule has 20 heavy (non-hydrogen) atoms. The van der Waals surface area contributed by atoms with Crippen LogP contribution < -0.4 is 4.72 Å². The molecule has 0 amide bonds. The van der Waals surface area contributed by atoms with Crippen molar-refractivity contribution in [3.05, 3.63) is 44.0 Å². The number of carboxylic acids is 1. The van der Waals surface area contributed by atoms with Gasteiger partial charge < -0.3 is 5.11 Å². The Morgan fingerprint density at radius 3 is 2.60 bits per heavy atom. The average molecular weight is 397 g/mol. The molecule has 0 fully saturated rings. The minimum absolute atomic E-state index is 0.0412. The van der Waals surface area contributed by atoms with Gasteiger partial charge in [0.15, 0.2) is 0 Å². The number of carboxylic acid groups (broad SMARTS) is 1. The first-order valence-electron chi connectivity index (χ1n) is 5.09. The highest BCUT2D eigenvalue weighted by Gasteiger charge is 2.19. The first-order chi connectivity index (χ1) is 9.29. The van der Waals surface area contributed by atoms with Crippen LogP contribution in [0, 0.1) is 0 Å². The molecule has 0 radical (unpaired) electrons. The predicted octanol–water partition coefficient (Wildman–Crippen LogP) is 3.66. The van der Waals surface area contributed by atoms with E-state index in [-0.39, 0.29) is 9.77 Å². The summed E-state index contributed by atoms with van der Waals surface area (Å²) in [4.78, 5) is 10.6. The van der Waals surface area contributed by atoms with E-state index < -0.39 is 16.0 Å². The Bertz CT molecular complexity index is 772. The highest BCUT2D eigenvalue weighted by atomic mass is 79.9. The van der Waals surface area contributed by atoms with Crippen molar-refractivity contribution >= 4 is 60.5 Å². The summed E-state index contributed by atoms with van der Waals surface area (Å²) in [5, 5.41) is 10.5. The van der Waals surface area contributed by atoms with Gasteiger partial charge in [-0.15, -0.1) is 11.3 Å². The lowest BCUT2D eigenvalue weighted by atomic mass is 10.3. The molecule has 1 heterocycles. The molecule has 0 spiro atoms. The van der Waals surface area contributed by atoms with Gasteiger partial charge in [0.05, 0.1) is 10.6 Å². The molecule has 0 unspecified atom stereocenters. The molecule has 0 aliphatic heterocycles. The van der Waals surface area contributed by atoms with Crippen molar-refractivity contribution in [2.24, 2.45) is 0 Å². The zero-order valence-electron chi connectivity index (χ0n) is 9.63. The van der Waals surface area contributed by atoms with Crippen molar-refractivity contribution in [3.8, 4) is 0 Å². The van der Waals surface area contributed by atoms with Crippen molar-refractivity contribution in [3.63, 3.8) is 0 Å². The van der Waals surface area contributed by atoms with Gasteiger partial charge in [0, 0.05) is 14.9 Å². The molecule has 2 N–H and O–H groups in total. The molecular formula is C11H7BrClNO4S2. The molecule has 0 saturated carbocycles. The minimum Gasteiger partial charge on any atom is -0.477 e. The number of nitrogens with one attached hydrogen (secondary N) is 1. The highest BCUT2D eigenvalue weighted by Crippen LogP contribution is 2.29. The second-order valence-corrected chi connectivity index (χ2v) is 7.57. The summed E-state index contributed by atoms with van der Waals surface area (Å²) in [5.74, 6) is -1.16. The summed E-state index contributed by atoms with van der Waals surface area (Å²) in [6.07, 6.45) is 0. The molecule has 9 heteroatoms. The van der Waals surface area contributed by atoms with E-state index in [2.05, 4.69) is 20.7 Å². The fourth-order valence-electron chi connectivity index (χ4n) is 1.35. The summed E-state index contributed by atoms with van der Waals surface area (Å²) >= 11 is 9.82. The van der Waals surface area contributed by atoms with E-state index in [0.29, 0.717) is 15.2 Å². The van der Waals surface area contributed by atoms with Gasteiger partial charge in [-0.25, -0.2) is 13.2 Å².